The summed E-state index contributed by atoms with van der Waals surface area (Å²) in [7, 11) is 0. The van der Waals surface area contributed by atoms with Crippen molar-refractivity contribution < 1.29 is 29.0 Å². The summed E-state index contributed by atoms with van der Waals surface area (Å²) >= 11 is 7.81. The lowest BCUT2D eigenvalue weighted by Crippen LogP contribution is -2.59. The third-order valence-corrected chi connectivity index (χ3v) is 14.5. The van der Waals surface area contributed by atoms with E-state index in [2.05, 4.69) is 31.5 Å². The fourth-order valence-corrected chi connectivity index (χ4v) is 10.7. The number of carbonyl (C=O) groups excluding carboxylic acids is 4. The predicted octanol–water partition coefficient (Wildman–Crippen LogP) is 5.79. The van der Waals surface area contributed by atoms with Crippen molar-refractivity contribution in [3.63, 3.8) is 0 Å². The van der Waals surface area contributed by atoms with Gasteiger partial charge in [-0.25, -0.2) is 4.98 Å². The maximum atomic E-state index is 14.2. The monoisotopic (exact) mass is 920 g/mol. The molecule has 4 aromatic rings. The molecular formula is C49H57ClN8O6S. The van der Waals surface area contributed by atoms with Gasteiger partial charge in [-0.3, -0.25) is 24.1 Å². The number of aryl methyl sites for hydroxylation is 1. The van der Waals surface area contributed by atoms with Crippen LogP contribution in [0, 0.1) is 23.7 Å². The molecule has 14 nitrogen and oxygen atoms in total. The van der Waals surface area contributed by atoms with Crippen molar-refractivity contribution in [3.05, 3.63) is 99.6 Å². The summed E-state index contributed by atoms with van der Waals surface area (Å²) in [5.41, 5.74) is 6.15. The summed E-state index contributed by atoms with van der Waals surface area (Å²) in [6, 6.07) is 21.3. The first-order valence-corrected chi connectivity index (χ1v) is 23.7. The number of likely N-dealkylation sites (tertiary alicyclic amines) is 1. The van der Waals surface area contributed by atoms with Crippen LogP contribution in [0.5, 0.6) is 5.75 Å². The van der Waals surface area contributed by atoms with Gasteiger partial charge in [-0.1, -0.05) is 56.6 Å². The van der Waals surface area contributed by atoms with Gasteiger partial charge in [-0.05, 0) is 72.7 Å². The molecule has 0 spiro atoms. The van der Waals surface area contributed by atoms with Crippen molar-refractivity contribution >= 4 is 52.3 Å². The van der Waals surface area contributed by atoms with Gasteiger partial charge < -0.3 is 35.2 Å². The van der Waals surface area contributed by atoms with Gasteiger partial charge in [0.25, 0.3) is 5.91 Å². The Balaban J connectivity index is 0.803. The van der Waals surface area contributed by atoms with E-state index in [1.54, 1.807) is 29.5 Å². The number of halogens is 1. The standard InChI is InChI=1S/C49H57ClN8O6S/c1-30-44(65-29-53-30)32-7-5-31(6-8-32)26-52-46(61)42-23-38(59)27-57(42)48(63)45(49(2,3)4)54-43(60)28-55-17-19-56(20-18-55)35-12-9-33(10-13-35)47(62)58-36-14-15-37(58)22-40(21-36)64-39-16-11-34(25-51)41(50)24-39/h5-13,16,24,29,36-38,40,42,45,59H,14-15,17-23,26-28H2,1-4H3,(H,52,61)(H,54,60). The van der Waals surface area contributed by atoms with Gasteiger partial charge in [0.2, 0.25) is 17.7 Å². The number of β-amino-alcohol motifs (C(OH)–C–C–N with tert-alkyl or cyclic N) is 1. The van der Waals surface area contributed by atoms with Crippen LogP contribution in [0.2, 0.25) is 5.02 Å². The smallest absolute Gasteiger partial charge is 0.254 e. The number of benzene rings is 3. The van der Waals surface area contributed by atoms with Crippen LogP contribution in [0.25, 0.3) is 10.4 Å². The number of hydrogen-bond acceptors (Lipinski definition) is 11. The first-order chi connectivity index (χ1) is 31.1. The van der Waals surface area contributed by atoms with Crippen LogP contribution in [0.1, 0.15) is 80.1 Å². The van der Waals surface area contributed by atoms with E-state index in [-0.39, 0.29) is 62.0 Å². The fourth-order valence-electron chi connectivity index (χ4n) is 9.73. The summed E-state index contributed by atoms with van der Waals surface area (Å²) < 4.78 is 6.26. The third kappa shape index (κ3) is 10.5. The molecule has 2 bridgehead atoms. The highest BCUT2D eigenvalue weighted by molar-refractivity contribution is 7.13. The zero-order valence-electron chi connectivity index (χ0n) is 37.3. The van der Waals surface area contributed by atoms with Gasteiger partial charge in [-0.15, -0.1) is 11.3 Å². The minimum absolute atomic E-state index is 0.00684. The summed E-state index contributed by atoms with van der Waals surface area (Å²) in [6.07, 6.45) is 2.57. The van der Waals surface area contributed by atoms with Crippen molar-refractivity contribution in [1.29, 1.82) is 5.26 Å². The van der Waals surface area contributed by atoms with E-state index >= 15 is 0 Å². The van der Waals surface area contributed by atoms with Crippen LogP contribution in [0.3, 0.4) is 0 Å². The van der Waals surface area contributed by atoms with E-state index in [9.17, 15) is 29.5 Å². The molecule has 0 saturated carbocycles. The Morgan fingerprint density at radius 1 is 0.969 bits per heavy atom. The molecule has 5 atom stereocenters. The Kier molecular flexibility index (Phi) is 13.8. The highest BCUT2D eigenvalue weighted by atomic mass is 35.5. The number of nitrogens with zero attached hydrogens (tertiary/aromatic N) is 6. The Morgan fingerprint density at radius 3 is 2.28 bits per heavy atom. The molecule has 5 unspecified atom stereocenters. The van der Waals surface area contributed by atoms with Crippen molar-refractivity contribution in [2.45, 2.75) is 103 Å². The number of anilines is 1. The summed E-state index contributed by atoms with van der Waals surface area (Å²) in [5, 5.41) is 26.2. The summed E-state index contributed by atoms with van der Waals surface area (Å²) in [5.74, 6) is -0.358. The van der Waals surface area contributed by atoms with Gasteiger partial charge >= 0.3 is 0 Å². The van der Waals surface area contributed by atoms with E-state index in [1.807, 2.05) is 86.6 Å². The van der Waals surface area contributed by atoms with Crippen LogP contribution >= 0.6 is 22.9 Å². The maximum Gasteiger partial charge on any atom is 0.254 e. The molecule has 0 radical (unpaired) electrons. The van der Waals surface area contributed by atoms with Gasteiger partial charge in [0.1, 0.15) is 30.0 Å². The van der Waals surface area contributed by atoms with Gasteiger partial charge in [0.05, 0.1) is 39.3 Å². The van der Waals surface area contributed by atoms with Crippen molar-refractivity contribution in [2.75, 3.05) is 44.2 Å². The second kappa shape index (κ2) is 19.5. The normalized spacial score (nSPS) is 22.6. The first kappa shape index (κ1) is 46.0. The molecule has 4 saturated heterocycles. The van der Waals surface area contributed by atoms with E-state index in [0.29, 0.717) is 48.1 Å². The molecule has 8 rings (SSSR count). The highest BCUT2D eigenvalue weighted by Crippen LogP contribution is 2.39. The second-order valence-corrected chi connectivity index (χ2v) is 20.1. The number of nitrogens with one attached hydrogen (secondary N) is 2. The molecular weight excluding hydrogens is 864 g/mol. The fraction of sp³-hybridized carbons (Fsp3) is 0.469. The zero-order chi connectivity index (χ0) is 46.0. The Bertz CT molecular complexity index is 2410. The number of fused-ring (bicyclic) bond motifs is 2. The van der Waals surface area contributed by atoms with Crippen LogP contribution < -0.4 is 20.3 Å². The number of carbonyl (C=O) groups is 4. The lowest BCUT2D eigenvalue weighted by Gasteiger charge is -2.39. The van der Waals surface area contributed by atoms with Crippen molar-refractivity contribution in [1.82, 2.24) is 30.3 Å². The average Bonchev–Trinajstić information content (AvgIpc) is 3.98. The topological polar surface area (TPSA) is 171 Å². The average molecular weight is 922 g/mol. The molecule has 3 aromatic carbocycles. The van der Waals surface area contributed by atoms with Crippen LogP contribution in [0.15, 0.2) is 72.2 Å². The number of amides is 4. The van der Waals surface area contributed by atoms with Gasteiger partial charge in [0, 0.05) is 87.9 Å². The van der Waals surface area contributed by atoms with Gasteiger partial charge in [0.15, 0.2) is 0 Å². The number of nitriles is 1. The van der Waals surface area contributed by atoms with E-state index < -0.39 is 29.5 Å². The molecule has 16 heteroatoms. The number of aliphatic hydroxyl groups is 1. The number of piperazine rings is 1. The first-order valence-electron chi connectivity index (χ1n) is 22.5. The molecule has 4 fully saturated rings. The van der Waals surface area contributed by atoms with E-state index in [1.165, 1.54) is 4.90 Å². The Labute approximate surface area is 389 Å². The molecule has 342 valence electrons. The van der Waals surface area contributed by atoms with Crippen LogP contribution in [-0.2, 0) is 20.9 Å². The molecule has 3 N–H and O–H groups in total. The molecule has 1 aromatic heterocycles. The number of aliphatic hydroxyl groups excluding tert-OH is 1. The molecule has 4 aliphatic heterocycles. The second-order valence-electron chi connectivity index (χ2n) is 18.8. The van der Waals surface area contributed by atoms with Crippen molar-refractivity contribution in [3.8, 4) is 22.3 Å². The summed E-state index contributed by atoms with van der Waals surface area (Å²) in [4.78, 5) is 68.3. The van der Waals surface area contributed by atoms with E-state index in [4.69, 9.17) is 16.3 Å². The number of rotatable bonds is 12. The molecule has 4 aliphatic rings. The minimum Gasteiger partial charge on any atom is -0.490 e. The third-order valence-electron chi connectivity index (χ3n) is 13.2. The van der Waals surface area contributed by atoms with E-state index in [0.717, 1.165) is 53.1 Å². The van der Waals surface area contributed by atoms with Crippen LogP contribution in [-0.4, -0.2) is 124 Å². The molecule has 5 heterocycles. The lowest BCUT2D eigenvalue weighted by molar-refractivity contribution is -0.144. The largest absolute Gasteiger partial charge is 0.490 e. The Morgan fingerprint density at radius 2 is 1.66 bits per heavy atom. The SMILES string of the molecule is Cc1ncsc1-c1ccc(CNC(=O)C2CC(O)CN2C(=O)C(NC(=O)CN2CCN(c3ccc(C(=O)N4C5CCC4CC(Oc4ccc(C#N)c(Cl)c4)C5)cc3)CC2)C(C)(C)C)cc1. The maximum absolute atomic E-state index is 14.2. The highest BCUT2D eigenvalue weighted by Gasteiger charge is 2.46. The van der Waals surface area contributed by atoms with Crippen molar-refractivity contribution in [2.24, 2.45) is 5.41 Å². The zero-order valence-corrected chi connectivity index (χ0v) is 38.9. The van der Waals surface area contributed by atoms with Gasteiger partial charge in [-0.2, -0.15) is 5.26 Å². The molecule has 0 aliphatic carbocycles. The predicted molar refractivity (Wildman–Crippen MR) is 250 cm³/mol. The number of aromatic nitrogens is 1. The van der Waals surface area contributed by atoms with Crippen LogP contribution in [0.4, 0.5) is 5.69 Å². The number of ether oxygens (including phenoxy) is 1. The minimum atomic E-state index is -0.913. The molecule has 4 amide bonds. The quantitative estimate of drug-likeness (QED) is 0.158. The lowest BCUT2D eigenvalue weighted by atomic mass is 9.85. The number of thiazole rings is 1. The molecule has 65 heavy (non-hydrogen) atoms. The summed E-state index contributed by atoms with van der Waals surface area (Å²) in [6.45, 7) is 10.6. The Hall–Kier alpha value is -5.53. The number of piperidine rings is 1. The number of hydrogen-bond donors (Lipinski definition) is 3.